The Balaban J connectivity index is 1.62. The molecule has 0 saturated heterocycles. The molecule has 2 amide bonds. The van der Waals surface area contributed by atoms with E-state index < -0.39 is 23.5 Å². The zero-order valence-electron chi connectivity index (χ0n) is 20.1. The van der Waals surface area contributed by atoms with E-state index >= 15 is 0 Å². The van der Waals surface area contributed by atoms with Crippen LogP contribution in [-0.4, -0.2) is 38.2 Å². The van der Waals surface area contributed by atoms with Crippen LogP contribution in [0.25, 0.3) is 0 Å². The molecular formula is C25H24F3N7O2. The van der Waals surface area contributed by atoms with E-state index in [1.165, 1.54) is 25.1 Å². The third-order valence-electron chi connectivity index (χ3n) is 5.78. The van der Waals surface area contributed by atoms with Crippen molar-refractivity contribution in [3.63, 3.8) is 0 Å². The molecule has 1 aromatic carbocycles. The van der Waals surface area contributed by atoms with Gasteiger partial charge in [0.05, 0.1) is 0 Å². The van der Waals surface area contributed by atoms with Gasteiger partial charge in [-0.2, -0.15) is 18.2 Å². The molecule has 0 atom stereocenters. The number of rotatable bonds is 6. The van der Waals surface area contributed by atoms with E-state index in [9.17, 15) is 22.8 Å². The second kappa shape index (κ2) is 10.2. The highest BCUT2D eigenvalue weighted by molar-refractivity contribution is 5.98. The van der Waals surface area contributed by atoms with Gasteiger partial charge in [-0.05, 0) is 54.3 Å². The summed E-state index contributed by atoms with van der Waals surface area (Å²) in [5.74, 6) is -0.885. The van der Waals surface area contributed by atoms with E-state index in [4.69, 9.17) is 0 Å². The van der Waals surface area contributed by atoms with Gasteiger partial charge in [0.2, 0.25) is 17.8 Å². The van der Waals surface area contributed by atoms with Crippen LogP contribution in [-0.2, 0) is 28.7 Å². The van der Waals surface area contributed by atoms with Crippen molar-refractivity contribution in [2.45, 2.75) is 33.0 Å². The lowest BCUT2D eigenvalue weighted by atomic mass is 9.96. The summed E-state index contributed by atoms with van der Waals surface area (Å²) in [6.45, 7) is 7.84. The van der Waals surface area contributed by atoms with E-state index in [1.54, 1.807) is 4.90 Å². The van der Waals surface area contributed by atoms with Crippen LogP contribution in [0.15, 0.2) is 49.2 Å². The van der Waals surface area contributed by atoms with Crippen molar-refractivity contribution in [1.29, 1.82) is 0 Å². The molecule has 3 aromatic rings. The van der Waals surface area contributed by atoms with Gasteiger partial charge < -0.3 is 20.9 Å². The number of fused-ring (bicyclic) bond motifs is 1. The van der Waals surface area contributed by atoms with Gasteiger partial charge in [-0.15, -0.1) is 0 Å². The molecule has 0 spiro atoms. The summed E-state index contributed by atoms with van der Waals surface area (Å²) < 4.78 is 41.1. The number of pyridine rings is 1. The maximum absolute atomic E-state index is 13.7. The van der Waals surface area contributed by atoms with Gasteiger partial charge in [0, 0.05) is 31.9 Å². The fourth-order valence-electron chi connectivity index (χ4n) is 3.87. The van der Waals surface area contributed by atoms with Crippen molar-refractivity contribution < 1.29 is 22.8 Å². The second-order valence-electron chi connectivity index (χ2n) is 8.43. The Morgan fingerprint density at radius 2 is 1.86 bits per heavy atom. The molecule has 4 rings (SSSR count). The Labute approximate surface area is 210 Å². The number of aryl methyl sites for hydroxylation is 1. The third-order valence-corrected chi connectivity index (χ3v) is 5.78. The van der Waals surface area contributed by atoms with Crippen LogP contribution in [0, 0.1) is 6.92 Å². The quantitative estimate of drug-likeness (QED) is 0.411. The molecule has 1 aliphatic rings. The van der Waals surface area contributed by atoms with Crippen LogP contribution < -0.4 is 16.0 Å². The highest BCUT2D eigenvalue weighted by Crippen LogP contribution is 2.36. The van der Waals surface area contributed by atoms with Gasteiger partial charge in [0.15, 0.2) is 0 Å². The van der Waals surface area contributed by atoms with Gasteiger partial charge in [0.25, 0.3) is 0 Å². The first-order chi connectivity index (χ1) is 17.5. The molecule has 3 N–H and O–H groups in total. The number of aromatic nitrogens is 3. The second-order valence-corrected chi connectivity index (χ2v) is 8.43. The summed E-state index contributed by atoms with van der Waals surface area (Å²) in [5.41, 5.74) is 2.46. The lowest BCUT2D eigenvalue weighted by molar-refractivity contribution is -0.137. The number of anilines is 5. The first-order valence-corrected chi connectivity index (χ1v) is 11.3. The number of nitrogens with zero attached hydrogens (tertiary/aromatic N) is 4. The number of amides is 2. The third kappa shape index (κ3) is 6.02. The van der Waals surface area contributed by atoms with Crippen molar-refractivity contribution in [2.24, 2.45) is 0 Å². The van der Waals surface area contributed by atoms with Crippen LogP contribution in [0.1, 0.15) is 29.2 Å². The molecule has 37 heavy (non-hydrogen) atoms. The lowest BCUT2D eigenvalue weighted by Crippen LogP contribution is -2.34. The summed E-state index contributed by atoms with van der Waals surface area (Å²) >= 11 is 0. The monoisotopic (exact) mass is 511 g/mol. The number of benzene rings is 1. The molecule has 0 bridgehead atoms. The summed E-state index contributed by atoms with van der Waals surface area (Å²) in [6.07, 6.45) is -2.32. The minimum absolute atomic E-state index is 0.00630. The lowest BCUT2D eigenvalue weighted by Gasteiger charge is -2.29. The van der Waals surface area contributed by atoms with Crippen LogP contribution in [0.4, 0.5) is 42.3 Å². The SMILES string of the molecule is C=CC(=O)Nc1cccc(Nc2nc(Nc3cc4c(cc3C)CN(C(C)=O)CC4)ncc2C(F)(F)F)n1. The molecule has 2 aromatic heterocycles. The zero-order valence-corrected chi connectivity index (χ0v) is 20.1. The molecular weight excluding hydrogens is 487 g/mol. The average molecular weight is 512 g/mol. The molecule has 3 heterocycles. The number of carbonyl (C=O) groups excluding carboxylic acids is 2. The van der Waals surface area contributed by atoms with Crippen molar-refractivity contribution in [2.75, 3.05) is 22.5 Å². The van der Waals surface area contributed by atoms with E-state index in [0.29, 0.717) is 31.4 Å². The minimum atomic E-state index is -4.72. The molecule has 0 unspecified atom stereocenters. The topological polar surface area (TPSA) is 112 Å². The molecule has 0 radical (unpaired) electrons. The van der Waals surface area contributed by atoms with Crippen LogP contribution in [0.2, 0.25) is 0 Å². The predicted molar refractivity (Wildman–Crippen MR) is 133 cm³/mol. The van der Waals surface area contributed by atoms with Gasteiger partial charge in [-0.3, -0.25) is 9.59 Å². The smallest absolute Gasteiger partial charge is 0.338 e. The van der Waals surface area contributed by atoms with Crippen molar-refractivity contribution >= 4 is 40.9 Å². The van der Waals surface area contributed by atoms with Gasteiger partial charge in [-0.1, -0.05) is 18.7 Å². The predicted octanol–water partition coefficient (Wildman–Crippen LogP) is 4.72. The Hall–Kier alpha value is -4.48. The highest BCUT2D eigenvalue weighted by Gasteiger charge is 2.35. The summed E-state index contributed by atoms with van der Waals surface area (Å²) in [4.78, 5) is 37.1. The number of hydrogen-bond donors (Lipinski definition) is 3. The van der Waals surface area contributed by atoms with Crippen LogP contribution in [0.5, 0.6) is 0 Å². The summed E-state index contributed by atoms with van der Waals surface area (Å²) in [5, 5.41) is 8.04. The van der Waals surface area contributed by atoms with E-state index in [0.717, 1.165) is 22.8 Å². The minimum Gasteiger partial charge on any atom is -0.338 e. The maximum Gasteiger partial charge on any atom is 0.421 e. The van der Waals surface area contributed by atoms with Crippen molar-refractivity contribution in [3.8, 4) is 0 Å². The molecule has 12 heteroatoms. The average Bonchev–Trinajstić information content (AvgIpc) is 2.83. The van der Waals surface area contributed by atoms with Crippen LogP contribution >= 0.6 is 0 Å². The number of nitrogens with one attached hydrogen (secondary N) is 3. The Bertz CT molecular complexity index is 1370. The molecule has 9 nitrogen and oxygen atoms in total. The van der Waals surface area contributed by atoms with Gasteiger partial charge >= 0.3 is 6.18 Å². The molecule has 1 aliphatic heterocycles. The van der Waals surface area contributed by atoms with Gasteiger partial charge in [0.1, 0.15) is 23.0 Å². The largest absolute Gasteiger partial charge is 0.421 e. The molecule has 0 saturated carbocycles. The standard InChI is InChI=1S/C25H24F3N7O2/c1-4-22(37)32-20-6-5-7-21(31-20)33-23-18(25(26,27)28)12-29-24(34-23)30-19-11-16-8-9-35(15(3)36)13-17(16)10-14(19)2/h4-7,10-12H,1,8-9,13H2,2-3H3,(H3,29,30,31,32,33,34,37). The maximum atomic E-state index is 13.7. The molecule has 0 aliphatic carbocycles. The Morgan fingerprint density at radius 1 is 1.11 bits per heavy atom. The van der Waals surface area contributed by atoms with Crippen LogP contribution in [0.3, 0.4) is 0 Å². The zero-order chi connectivity index (χ0) is 26.7. The summed E-state index contributed by atoms with van der Waals surface area (Å²) in [6, 6.07) is 8.30. The van der Waals surface area contributed by atoms with Gasteiger partial charge in [-0.25, -0.2) is 9.97 Å². The highest BCUT2D eigenvalue weighted by atomic mass is 19.4. The van der Waals surface area contributed by atoms with E-state index in [1.807, 2.05) is 19.1 Å². The van der Waals surface area contributed by atoms with E-state index in [2.05, 4.69) is 37.5 Å². The van der Waals surface area contributed by atoms with Crippen molar-refractivity contribution in [1.82, 2.24) is 19.9 Å². The Morgan fingerprint density at radius 3 is 2.57 bits per heavy atom. The normalized spacial score (nSPS) is 12.9. The number of hydrogen-bond acceptors (Lipinski definition) is 7. The van der Waals surface area contributed by atoms with Crippen molar-refractivity contribution in [3.05, 3.63) is 71.4 Å². The first-order valence-electron chi connectivity index (χ1n) is 11.3. The number of halogens is 3. The summed E-state index contributed by atoms with van der Waals surface area (Å²) in [7, 11) is 0. The Kier molecular flexibility index (Phi) is 7.09. The molecule has 192 valence electrons. The number of alkyl halides is 3. The molecule has 0 fully saturated rings. The number of carbonyl (C=O) groups is 2. The first kappa shape index (κ1) is 25.6. The fraction of sp³-hybridized carbons (Fsp3) is 0.240. The van der Waals surface area contributed by atoms with E-state index in [-0.39, 0.29) is 23.5 Å². The fourth-order valence-corrected chi connectivity index (χ4v) is 3.87.